The number of hydrogen-bond donors (Lipinski definition) is 2. The summed E-state index contributed by atoms with van der Waals surface area (Å²) in [7, 11) is 1.80. The minimum Gasteiger partial charge on any atom is -0.381 e. The fourth-order valence-electron chi connectivity index (χ4n) is 2.25. The van der Waals surface area contributed by atoms with Gasteiger partial charge in [-0.2, -0.15) is 4.98 Å². The van der Waals surface area contributed by atoms with Crippen molar-refractivity contribution in [2.45, 2.75) is 18.9 Å². The maximum absolute atomic E-state index is 5.78. The predicted octanol–water partition coefficient (Wildman–Crippen LogP) is 2.08. The second-order valence-electron chi connectivity index (χ2n) is 4.98. The van der Waals surface area contributed by atoms with Crippen LogP contribution in [0.15, 0.2) is 18.5 Å². The van der Waals surface area contributed by atoms with E-state index in [1.54, 1.807) is 19.4 Å². The average molecular weight is 321 g/mol. The summed E-state index contributed by atoms with van der Waals surface area (Å²) in [6.07, 6.45) is 4.14. The van der Waals surface area contributed by atoms with Gasteiger partial charge in [-0.1, -0.05) is 11.6 Å². The van der Waals surface area contributed by atoms with Gasteiger partial charge in [-0.05, 0) is 6.42 Å². The van der Waals surface area contributed by atoms with E-state index >= 15 is 0 Å². The maximum Gasteiger partial charge on any atom is 0.224 e. The molecule has 0 amide bonds. The van der Waals surface area contributed by atoms with Gasteiger partial charge in [0.1, 0.15) is 11.6 Å². The van der Waals surface area contributed by atoms with Crippen LogP contribution in [0.2, 0.25) is 5.02 Å². The number of hydrogen-bond acceptors (Lipinski definition) is 7. The Balaban J connectivity index is 1.74. The summed E-state index contributed by atoms with van der Waals surface area (Å²) in [5, 5.41) is 6.72. The van der Waals surface area contributed by atoms with Crippen molar-refractivity contribution >= 4 is 23.4 Å². The SMILES string of the molecule is CNc1nc(NCc2ncc(Cl)cn2)cc(C2CCOC2)n1. The minimum absolute atomic E-state index is 0.322. The Kier molecular flexibility index (Phi) is 4.65. The molecule has 1 atom stereocenters. The van der Waals surface area contributed by atoms with Crippen molar-refractivity contribution in [1.82, 2.24) is 19.9 Å². The molecule has 0 radical (unpaired) electrons. The minimum atomic E-state index is 0.322. The molecule has 0 aromatic carbocycles. The summed E-state index contributed by atoms with van der Waals surface area (Å²) >= 11 is 5.78. The highest BCUT2D eigenvalue weighted by Gasteiger charge is 2.20. The molecule has 3 heterocycles. The number of aromatic nitrogens is 4. The van der Waals surface area contributed by atoms with E-state index in [0.717, 1.165) is 24.5 Å². The van der Waals surface area contributed by atoms with Crippen molar-refractivity contribution in [2.75, 3.05) is 30.9 Å². The third kappa shape index (κ3) is 3.61. The Morgan fingerprint density at radius 3 is 2.82 bits per heavy atom. The molecular formula is C14H17ClN6O. The first-order chi connectivity index (χ1) is 10.7. The van der Waals surface area contributed by atoms with Crippen molar-refractivity contribution in [3.63, 3.8) is 0 Å². The van der Waals surface area contributed by atoms with Crippen molar-refractivity contribution in [2.24, 2.45) is 0 Å². The summed E-state index contributed by atoms with van der Waals surface area (Å²) in [6.45, 7) is 1.96. The third-order valence-corrected chi connectivity index (χ3v) is 3.61. The molecule has 0 spiro atoms. The summed E-state index contributed by atoms with van der Waals surface area (Å²) in [5.41, 5.74) is 0.983. The number of halogens is 1. The molecule has 0 aliphatic carbocycles. The van der Waals surface area contributed by atoms with E-state index in [2.05, 4.69) is 30.6 Å². The molecule has 1 saturated heterocycles. The third-order valence-electron chi connectivity index (χ3n) is 3.42. The van der Waals surface area contributed by atoms with Gasteiger partial charge in [0, 0.05) is 38.0 Å². The summed E-state index contributed by atoms with van der Waals surface area (Å²) in [4.78, 5) is 17.2. The first-order valence-corrected chi connectivity index (χ1v) is 7.47. The van der Waals surface area contributed by atoms with Crippen LogP contribution in [0.3, 0.4) is 0 Å². The molecule has 0 saturated carbocycles. The fraction of sp³-hybridized carbons (Fsp3) is 0.429. The molecular weight excluding hydrogens is 304 g/mol. The Bertz CT molecular complexity index is 630. The van der Waals surface area contributed by atoms with Gasteiger partial charge < -0.3 is 15.4 Å². The topological polar surface area (TPSA) is 84.9 Å². The fourth-order valence-corrected chi connectivity index (χ4v) is 2.34. The van der Waals surface area contributed by atoms with E-state index < -0.39 is 0 Å². The van der Waals surface area contributed by atoms with Crippen molar-refractivity contribution in [3.05, 3.63) is 35.0 Å². The van der Waals surface area contributed by atoms with Crippen molar-refractivity contribution in [1.29, 1.82) is 0 Å². The lowest BCUT2D eigenvalue weighted by molar-refractivity contribution is 0.193. The molecule has 0 bridgehead atoms. The Morgan fingerprint density at radius 1 is 1.32 bits per heavy atom. The summed E-state index contributed by atoms with van der Waals surface area (Å²) in [6, 6.07) is 1.95. The molecule has 1 unspecified atom stereocenters. The lowest BCUT2D eigenvalue weighted by Crippen LogP contribution is -2.10. The molecule has 1 aliphatic rings. The quantitative estimate of drug-likeness (QED) is 0.872. The lowest BCUT2D eigenvalue weighted by Gasteiger charge is -2.12. The molecule has 3 rings (SSSR count). The van der Waals surface area contributed by atoms with Crippen LogP contribution in [0.4, 0.5) is 11.8 Å². The van der Waals surface area contributed by atoms with Gasteiger partial charge in [0.25, 0.3) is 0 Å². The van der Waals surface area contributed by atoms with E-state index in [1.165, 1.54) is 0 Å². The normalized spacial score (nSPS) is 17.5. The van der Waals surface area contributed by atoms with E-state index in [1.807, 2.05) is 6.07 Å². The van der Waals surface area contributed by atoms with Crippen LogP contribution in [0.5, 0.6) is 0 Å². The van der Waals surface area contributed by atoms with Crippen LogP contribution >= 0.6 is 11.6 Å². The first-order valence-electron chi connectivity index (χ1n) is 7.09. The van der Waals surface area contributed by atoms with Gasteiger partial charge in [0.05, 0.1) is 23.9 Å². The van der Waals surface area contributed by atoms with Gasteiger partial charge >= 0.3 is 0 Å². The number of anilines is 2. The molecule has 8 heteroatoms. The van der Waals surface area contributed by atoms with E-state index in [9.17, 15) is 0 Å². The van der Waals surface area contributed by atoms with Crippen LogP contribution in [0, 0.1) is 0 Å². The van der Waals surface area contributed by atoms with Crippen LogP contribution in [0.1, 0.15) is 23.9 Å². The van der Waals surface area contributed by atoms with Crippen LogP contribution in [-0.4, -0.2) is 40.2 Å². The van der Waals surface area contributed by atoms with E-state index in [-0.39, 0.29) is 0 Å². The lowest BCUT2D eigenvalue weighted by atomic mass is 10.0. The van der Waals surface area contributed by atoms with Crippen LogP contribution < -0.4 is 10.6 Å². The van der Waals surface area contributed by atoms with Crippen molar-refractivity contribution in [3.8, 4) is 0 Å². The molecule has 1 fully saturated rings. The first kappa shape index (κ1) is 14.9. The highest BCUT2D eigenvalue weighted by atomic mass is 35.5. The molecule has 22 heavy (non-hydrogen) atoms. The zero-order chi connectivity index (χ0) is 15.4. The highest BCUT2D eigenvalue weighted by molar-refractivity contribution is 6.30. The van der Waals surface area contributed by atoms with Gasteiger partial charge in [-0.3, -0.25) is 0 Å². The number of nitrogens with zero attached hydrogens (tertiary/aromatic N) is 4. The molecule has 7 nitrogen and oxygen atoms in total. The largest absolute Gasteiger partial charge is 0.381 e. The standard InChI is InChI=1S/C14H17ClN6O/c1-16-14-20-11(9-2-3-22-8-9)4-12(21-14)19-7-13-17-5-10(15)6-18-13/h4-6,9H,2-3,7-8H2,1H3,(H2,16,19,20,21). The molecule has 116 valence electrons. The Hall–Kier alpha value is -1.99. The van der Waals surface area contributed by atoms with E-state index in [0.29, 0.717) is 35.9 Å². The molecule has 2 N–H and O–H groups in total. The maximum atomic E-state index is 5.78. The zero-order valence-corrected chi connectivity index (χ0v) is 13.0. The second-order valence-corrected chi connectivity index (χ2v) is 5.42. The molecule has 2 aromatic rings. The van der Waals surface area contributed by atoms with E-state index in [4.69, 9.17) is 16.3 Å². The smallest absolute Gasteiger partial charge is 0.224 e. The molecule has 1 aliphatic heterocycles. The Labute approximate surface area is 133 Å². The van der Waals surface area contributed by atoms with Gasteiger partial charge in [0.2, 0.25) is 5.95 Å². The number of ether oxygens (including phenoxy) is 1. The van der Waals surface area contributed by atoms with Gasteiger partial charge in [-0.15, -0.1) is 0 Å². The number of nitrogens with one attached hydrogen (secondary N) is 2. The summed E-state index contributed by atoms with van der Waals surface area (Å²) in [5.74, 6) is 2.30. The van der Waals surface area contributed by atoms with Crippen LogP contribution in [-0.2, 0) is 11.3 Å². The highest BCUT2D eigenvalue weighted by Crippen LogP contribution is 2.26. The monoisotopic (exact) mass is 320 g/mol. The zero-order valence-electron chi connectivity index (χ0n) is 12.2. The van der Waals surface area contributed by atoms with Gasteiger partial charge in [0.15, 0.2) is 0 Å². The molecule has 2 aromatic heterocycles. The average Bonchev–Trinajstić information content (AvgIpc) is 3.08. The number of rotatable bonds is 5. The Morgan fingerprint density at radius 2 is 2.14 bits per heavy atom. The van der Waals surface area contributed by atoms with Crippen molar-refractivity contribution < 1.29 is 4.74 Å². The second kappa shape index (κ2) is 6.85. The predicted molar refractivity (Wildman–Crippen MR) is 84.1 cm³/mol. The van der Waals surface area contributed by atoms with Crippen LogP contribution in [0.25, 0.3) is 0 Å². The summed E-state index contributed by atoms with van der Waals surface area (Å²) < 4.78 is 5.43. The van der Waals surface area contributed by atoms with Gasteiger partial charge in [-0.25, -0.2) is 15.0 Å².